The highest BCUT2D eigenvalue weighted by molar-refractivity contribution is 5.75. The zero-order valence-electron chi connectivity index (χ0n) is 9.79. The van der Waals surface area contributed by atoms with Gasteiger partial charge in [0.15, 0.2) is 0 Å². The van der Waals surface area contributed by atoms with Gasteiger partial charge in [0.05, 0.1) is 0 Å². The minimum absolute atomic E-state index is 0.268. The maximum atomic E-state index is 11.9. The summed E-state index contributed by atoms with van der Waals surface area (Å²) < 4.78 is 23.9. The van der Waals surface area contributed by atoms with E-state index in [-0.39, 0.29) is 12.5 Å². The number of amides is 1. The first kappa shape index (κ1) is 14.3. The number of carbonyl (C=O) groups excluding carboxylic acids is 1. The van der Waals surface area contributed by atoms with Crippen LogP contribution in [0.4, 0.5) is 8.78 Å². The fourth-order valence-corrected chi connectivity index (χ4v) is 1.90. The van der Waals surface area contributed by atoms with Gasteiger partial charge < -0.3 is 15.7 Å². The monoisotopic (exact) mass is 250 g/mol. The molecule has 0 aliphatic carbocycles. The van der Waals surface area contributed by atoms with Gasteiger partial charge in [0.1, 0.15) is 6.10 Å². The lowest BCUT2D eigenvalue weighted by atomic mass is 9.94. The fraction of sp³-hybridized carbons (Fsp3) is 0.909. The molecule has 0 bridgehead atoms. The summed E-state index contributed by atoms with van der Waals surface area (Å²) in [6.07, 6.45) is -1.24. The van der Waals surface area contributed by atoms with Gasteiger partial charge in [0, 0.05) is 13.0 Å². The molecular weight excluding hydrogens is 230 g/mol. The van der Waals surface area contributed by atoms with Crippen LogP contribution in [0.3, 0.4) is 0 Å². The maximum absolute atomic E-state index is 11.9. The normalized spacial score (nSPS) is 22.5. The van der Waals surface area contributed by atoms with Crippen LogP contribution in [0.5, 0.6) is 0 Å². The molecule has 17 heavy (non-hydrogen) atoms. The summed E-state index contributed by atoms with van der Waals surface area (Å²) >= 11 is 0. The molecule has 2 atom stereocenters. The van der Waals surface area contributed by atoms with Gasteiger partial charge in [-0.2, -0.15) is 0 Å². The third kappa shape index (κ3) is 5.93. The number of aliphatic hydroxyl groups is 1. The van der Waals surface area contributed by atoms with Crippen LogP contribution in [0.15, 0.2) is 0 Å². The Morgan fingerprint density at radius 1 is 1.53 bits per heavy atom. The molecule has 0 spiro atoms. The van der Waals surface area contributed by atoms with Crippen molar-refractivity contribution in [3.05, 3.63) is 0 Å². The molecule has 0 saturated carbocycles. The molecule has 0 radical (unpaired) electrons. The number of piperidine rings is 1. The van der Waals surface area contributed by atoms with Gasteiger partial charge in [-0.25, -0.2) is 8.78 Å². The van der Waals surface area contributed by atoms with Crippen LogP contribution >= 0.6 is 0 Å². The van der Waals surface area contributed by atoms with Crippen molar-refractivity contribution >= 4 is 5.91 Å². The molecule has 4 nitrogen and oxygen atoms in total. The molecule has 1 amide bonds. The van der Waals surface area contributed by atoms with E-state index in [1.807, 2.05) is 0 Å². The predicted molar refractivity (Wildman–Crippen MR) is 59.8 cm³/mol. The van der Waals surface area contributed by atoms with E-state index >= 15 is 0 Å². The summed E-state index contributed by atoms with van der Waals surface area (Å²) in [6, 6.07) is 0. The van der Waals surface area contributed by atoms with E-state index in [9.17, 15) is 13.6 Å². The van der Waals surface area contributed by atoms with Gasteiger partial charge in [-0.1, -0.05) is 0 Å². The molecule has 1 aliphatic heterocycles. The highest BCUT2D eigenvalue weighted by Gasteiger charge is 2.18. The van der Waals surface area contributed by atoms with Crippen LogP contribution in [0.2, 0.25) is 0 Å². The van der Waals surface area contributed by atoms with Crippen molar-refractivity contribution in [3.8, 4) is 0 Å². The fourth-order valence-electron chi connectivity index (χ4n) is 1.90. The van der Waals surface area contributed by atoms with E-state index in [2.05, 4.69) is 10.6 Å². The first-order valence-corrected chi connectivity index (χ1v) is 6.03. The average Bonchev–Trinajstić information content (AvgIpc) is 2.34. The lowest BCUT2D eigenvalue weighted by Gasteiger charge is -2.22. The Bertz CT molecular complexity index is 234. The second-order valence-corrected chi connectivity index (χ2v) is 4.46. The van der Waals surface area contributed by atoms with E-state index in [1.54, 1.807) is 0 Å². The molecule has 6 heteroatoms. The van der Waals surface area contributed by atoms with E-state index in [4.69, 9.17) is 5.11 Å². The molecule has 1 aliphatic rings. The number of halogens is 2. The Kier molecular flexibility index (Phi) is 6.36. The van der Waals surface area contributed by atoms with Crippen molar-refractivity contribution in [1.82, 2.24) is 10.6 Å². The standard InChI is InChI=1S/C11H20F2N2O2/c12-11(13)9(16)7-15-10(17)4-3-8-2-1-5-14-6-8/h8-9,11,14,16H,1-7H2,(H,15,17). The second kappa shape index (κ2) is 7.55. The summed E-state index contributed by atoms with van der Waals surface area (Å²) in [7, 11) is 0. The molecule has 1 fully saturated rings. The van der Waals surface area contributed by atoms with Crippen LogP contribution in [0.25, 0.3) is 0 Å². The first-order valence-electron chi connectivity index (χ1n) is 6.03. The summed E-state index contributed by atoms with van der Waals surface area (Å²) in [6.45, 7) is 1.58. The lowest BCUT2D eigenvalue weighted by Crippen LogP contribution is -2.36. The molecule has 100 valence electrons. The summed E-state index contributed by atoms with van der Waals surface area (Å²) in [5, 5.41) is 14.4. The van der Waals surface area contributed by atoms with Crippen LogP contribution < -0.4 is 10.6 Å². The Hall–Kier alpha value is -0.750. The van der Waals surface area contributed by atoms with Crippen molar-refractivity contribution in [2.75, 3.05) is 19.6 Å². The Balaban J connectivity index is 2.08. The smallest absolute Gasteiger partial charge is 0.265 e. The van der Waals surface area contributed by atoms with Crippen molar-refractivity contribution in [1.29, 1.82) is 0 Å². The lowest BCUT2D eigenvalue weighted by molar-refractivity contribution is -0.122. The van der Waals surface area contributed by atoms with Gasteiger partial charge in [-0.05, 0) is 38.3 Å². The van der Waals surface area contributed by atoms with Gasteiger partial charge in [0.25, 0.3) is 6.43 Å². The Morgan fingerprint density at radius 2 is 2.29 bits per heavy atom. The molecule has 0 aromatic heterocycles. The summed E-state index contributed by atoms with van der Waals surface area (Å²) in [5.41, 5.74) is 0. The third-order valence-corrected chi connectivity index (χ3v) is 2.98. The number of alkyl halides is 2. The average molecular weight is 250 g/mol. The zero-order chi connectivity index (χ0) is 12.7. The van der Waals surface area contributed by atoms with Gasteiger partial charge in [-0.15, -0.1) is 0 Å². The van der Waals surface area contributed by atoms with Crippen molar-refractivity contribution in [2.45, 2.75) is 38.2 Å². The first-order chi connectivity index (χ1) is 8.09. The van der Waals surface area contributed by atoms with Crippen LogP contribution in [0, 0.1) is 5.92 Å². The topological polar surface area (TPSA) is 61.4 Å². The van der Waals surface area contributed by atoms with Crippen molar-refractivity contribution < 1.29 is 18.7 Å². The Morgan fingerprint density at radius 3 is 2.88 bits per heavy atom. The highest BCUT2D eigenvalue weighted by Crippen LogP contribution is 2.15. The SMILES string of the molecule is O=C(CCC1CCCNC1)NCC(O)C(F)F. The van der Waals surface area contributed by atoms with Crippen LogP contribution in [-0.2, 0) is 4.79 Å². The van der Waals surface area contributed by atoms with E-state index in [1.165, 1.54) is 0 Å². The van der Waals surface area contributed by atoms with E-state index in [0.717, 1.165) is 32.4 Å². The summed E-state index contributed by atoms with van der Waals surface area (Å²) in [5.74, 6) is 0.227. The van der Waals surface area contributed by atoms with E-state index in [0.29, 0.717) is 12.3 Å². The Labute approximate surface area is 99.8 Å². The second-order valence-electron chi connectivity index (χ2n) is 4.46. The summed E-state index contributed by atoms with van der Waals surface area (Å²) in [4.78, 5) is 11.3. The van der Waals surface area contributed by atoms with Crippen molar-refractivity contribution in [3.63, 3.8) is 0 Å². The van der Waals surface area contributed by atoms with Crippen molar-refractivity contribution in [2.24, 2.45) is 5.92 Å². The molecule has 1 rings (SSSR count). The number of hydrogen-bond acceptors (Lipinski definition) is 3. The zero-order valence-corrected chi connectivity index (χ0v) is 9.79. The number of hydrogen-bond donors (Lipinski definition) is 3. The van der Waals surface area contributed by atoms with E-state index < -0.39 is 12.5 Å². The third-order valence-electron chi connectivity index (χ3n) is 2.98. The van der Waals surface area contributed by atoms with Crippen LogP contribution in [-0.4, -0.2) is 43.2 Å². The number of carbonyl (C=O) groups is 1. The molecule has 2 unspecified atom stereocenters. The van der Waals surface area contributed by atoms with Gasteiger partial charge in [-0.3, -0.25) is 4.79 Å². The molecular formula is C11H20F2N2O2. The minimum atomic E-state index is -2.81. The predicted octanol–water partition coefficient (Wildman–Crippen LogP) is 0.508. The quantitative estimate of drug-likeness (QED) is 0.643. The molecule has 3 N–H and O–H groups in total. The number of aliphatic hydroxyl groups excluding tert-OH is 1. The highest BCUT2D eigenvalue weighted by atomic mass is 19.3. The number of nitrogens with one attached hydrogen (secondary N) is 2. The van der Waals surface area contributed by atoms with Gasteiger partial charge >= 0.3 is 0 Å². The number of rotatable bonds is 6. The molecule has 0 aromatic rings. The largest absolute Gasteiger partial charge is 0.385 e. The van der Waals surface area contributed by atoms with Crippen LogP contribution in [0.1, 0.15) is 25.7 Å². The van der Waals surface area contributed by atoms with Gasteiger partial charge in [0.2, 0.25) is 5.91 Å². The molecule has 0 aromatic carbocycles. The maximum Gasteiger partial charge on any atom is 0.265 e. The minimum Gasteiger partial charge on any atom is -0.385 e. The molecule has 1 heterocycles. The molecule has 1 saturated heterocycles.